The van der Waals surface area contributed by atoms with Crippen LogP contribution in [-0.4, -0.2) is 15.0 Å². The number of H-pyrrole nitrogens is 3. The number of nitrogens with one attached hydrogen (secondary N) is 4. The molecule has 2 atom stereocenters. The fourth-order valence-corrected chi connectivity index (χ4v) is 9.78. The van der Waals surface area contributed by atoms with E-state index in [2.05, 4.69) is 103 Å². The molecule has 0 radical (unpaired) electrons. The molecular weight excluding hydrogens is 597 g/mol. The van der Waals surface area contributed by atoms with Gasteiger partial charge in [-0.15, -0.1) is 0 Å². The van der Waals surface area contributed by atoms with Crippen molar-refractivity contribution >= 4 is 22.3 Å². The second kappa shape index (κ2) is 13.9. The van der Waals surface area contributed by atoms with Crippen molar-refractivity contribution in [1.29, 1.82) is 0 Å². The molecule has 4 nitrogen and oxygen atoms in total. The van der Waals surface area contributed by atoms with E-state index in [1.165, 1.54) is 171 Å². The number of allylic oxidation sites excluding steroid dienone is 4. The minimum absolute atomic E-state index is 0.0101. The highest BCUT2D eigenvalue weighted by Gasteiger charge is 2.45. The predicted octanol–water partition coefficient (Wildman–Crippen LogP) is 11.0. The van der Waals surface area contributed by atoms with E-state index in [-0.39, 0.29) is 5.41 Å². The van der Waals surface area contributed by atoms with Crippen LogP contribution in [0.25, 0.3) is 22.3 Å². The van der Waals surface area contributed by atoms with Crippen LogP contribution >= 0.6 is 0 Å². The van der Waals surface area contributed by atoms with Crippen molar-refractivity contribution in [2.75, 3.05) is 0 Å². The molecule has 0 spiro atoms. The first-order chi connectivity index (χ1) is 23.2. The monoisotopic (exact) mass is 663 g/mol. The largest absolute Gasteiger partial charge is 0.361 e. The number of fused-ring (bicyclic) bond motifs is 8. The number of aromatic amines is 3. The molecule has 4 heteroatoms. The summed E-state index contributed by atoms with van der Waals surface area (Å²) in [4.78, 5) is 12.0. The van der Waals surface area contributed by atoms with Gasteiger partial charge in [-0.2, -0.15) is 0 Å². The summed E-state index contributed by atoms with van der Waals surface area (Å²) in [6.45, 7) is 28.4. The fraction of sp³-hybridized carbons (Fsp3) is 0.600. The predicted molar refractivity (Wildman–Crippen MR) is 211 cm³/mol. The Labute approximate surface area is 297 Å². The van der Waals surface area contributed by atoms with Crippen molar-refractivity contribution in [3.63, 3.8) is 0 Å². The minimum atomic E-state index is -0.0101. The van der Waals surface area contributed by atoms with Crippen LogP contribution in [0, 0.1) is 58.8 Å². The normalized spacial score (nSPS) is 22.6. The van der Waals surface area contributed by atoms with Crippen molar-refractivity contribution in [2.24, 2.45) is 17.3 Å². The van der Waals surface area contributed by atoms with Gasteiger partial charge in [0.15, 0.2) is 0 Å². The van der Waals surface area contributed by atoms with Crippen molar-refractivity contribution in [3.05, 3.63) is 78.2 Å². The lowest BCUT2D eigenvalue weighted by molar-refractivity contribution is 0.312. The first kappa shape index (κ1) is 35.7. The highest BCUT2D eigenvalue weighted by Crippen LogP contribution is 2.52. The Morgan fingerprint density at radius 1 is 0.490 bits per heavy atom. The highest BCUT2D eigenvalue weighted by atomic mass is 15.0. The van der Waals surface area contributed by atoms with Gasteiger partial charge in [0.05, 0.1) is 0 Å². The average molecular weight is 663 g/mol. The Balaban J connectivity index is 1.66. The van der Waals surface area contributed by atoms with E-state index in [1.807, 2.05) is 0 Å². The fourth-order valence-electron chi connectivity index (χ4n) is 9.78. The van der Waals surface area contributed by atoms with Gasteiger partial charge in [-0.3, -0.25) is 0 Å². The van der Waals surface area contributed by atoms with Crippen LogP contribution < -0.4 is 16.0 Å². The van der Waals surface area contributed by atoms with Crippen molar-refractivity contribution in [2.45, 2.75) is 160 Å². The third kappa shape index (κ3) is 6.25. The lowest BCUT2D eigenvalue weighted by Gasteiger charge is -2.29. The summed E-state index contributed by atoms with van der Waals surface area (Å²) in [5.74, 6) is 1.31. The first-order valence-corrected chi connectivity index (χ1v) is 19.7. The van der Waals surface area contributed by atoms with Crippen LogP contribution in [-0.2, 0) is 0 Å². The standard InChI is InChI=1S/C45H66N4/c1-25-21-17-14-13-15-19-23-35-42-31(7)30(6)40(48-42)33(9)38-27(3)26(2)37(46-38)32(8)39-28(4)29(5)41(47-39)34(10)44-45(11,12)36(43(35)49-44)24-20-16-18-22-25/h25,36,46-49H,13-24H2,1-12H3. The molecule has 1 fully saturated rings. The topological polar surface area (TPSA) is 59.4 Å². The molecule has 5 heterocycles. The van der Waals surface area contributed by atoms with Gasteiger partial charge in [0, 0.05) is 56.2 Å². The van der Waals surface area contributed by atoms with Gasteiger partial charge in [0.1, 0.15) is 0 Å². The van der Waals surface area contributed by atoms with Crippen molar-refractivity contribution in [3.8, 4) is 0 Å². The van der Waals surface area contributed by atoms with Gasteiger partial charge in [-0.1, -0.05) is 78.6 Å². The molecule has 6 rings (SSSR count). The summed E-state index contributed by atoms with van der Waals surface area (Å²) < 4.78 is 0. The highest BCUT2D eigenvalue weighted by molar-refractivity contribution is 5.79. The average Bonchev–Trinajstić information content (AvgIpc) is 3.72. The Morgan fingerprint density at radius 3 is 1.53 bits per heavy atom. The van der Waals surface area contributed by atoms with Crippen LogP contribution in [0.5, 0.6) is 0 Å². The third-order valence-corrected chi connectivity index (χ3v) is 13.5. The molecule has 3 aliphatic rings. The zero-order valence-corrected chi connectivity index (χ0v) is 33.1. The van der Waals surface area contributed by atoms with E-state index in [0.717, 1.165) is 12.3 Å². The Kier molecular flexibility index (Phi) is 10.1. The van der Waals surface area contributed by atoms with E-state index in [0.29, 0.717) is 5.92 Å². The maximum absolute atomic E-state index is 4.26. The molecular formula is C45H66N4. The molecule has 0 amide bonds. The maximum Gasteiger partial charge on any atom is 0.0468 e. The zero-order chi connectivity index (χ0) is 35.4. The molecule has 1 saturated heterocycles. The number of hydrogen-bond donors (Lipinski definition) is 4. The number of hydrogen-bond acceptors (Lipinski definition) is 1. The molecule has 266 valence electrons. The maximum atomic E-state index is 4.26. The second-order valence-electron chi connectivity index (χ2n) is 17.0. The molecule has 8 bridgehead atoms. The first-order valence-electron chi connectivity index (χ1n) is 19.7. The van der Waals surface area contributed by atoms with Crippen molar-refractivity contribution in [1.82, 2.24) is 20.3 Å². The smallest absolute Gasteiger partial charge is 0.0468 e. The lowest BCUT2D eigenvalue weighted by Crippen LogP contribution is -2.22. The quantitative estimate of drug-likeness (QED) is 0.190. The van der Waals surface area contributed by atoms with Crippen LogP contribution in [0.4, 0.5) is 0 Å². The summed E-state index contributed by atoms with van der Waals surface area (Å²) in [7, 11) is 0. The Bertz CT molecular complexity index is 1930. The lowest BCUT2D eigenvalue weighted by atomic mass is 9.73. The van der Waals surface area contributed by atoms with E-state index in [1.54, 1.807) is 0 Å². The van der Waals surface area contributed by atoms with E-state index >= 15 is 0 Å². The van der Waals surface area contributed by atoms with E-state index < -0.39 is 0 Å². The van der Waals surface area contributed by atoms with Crippen LogP contribution in [0.15, 0.2) is 11.4 Å². The molecule has 2 unspecified atom stereocenters. The SMILES string of the molecule is CC1=C2NC3=C(CCCCCCCC(C)CCCCCC3C2(C)C)c2[nH]c(c(C)c2C)C(C)=c2[nH]c(c(C)c2C)=C(C)c2[nH]c1c(C)c2C. The van der Waals surface area contributed by atoms with E-state index in [4.69, 9.17) is 0 Å². The zero-order valence-electron chi connectivity index (χ0n) is 33.1. The summed E-state index contributed by atoms with van der Waals surface area (Å²) in [5, 5.41) is 6.74. The van der Waals surface area contributed by atoms with Gasteiger partial charge in [0.2, 0.25) is 0 Å². The van der Waals surface area contributed by atoms with Gasteiger partial charge in [-0.25, -0.2) is 0 Å². The van der Waals surface area contributed by atoms with Gasteiger partial charge in [-0.05, 0) is 143 Å². The summed E-state index contributed by atoms with van der Waals surface area (Å²) in [6.07, 6.45) is 15.8. The van der Waals surface area contributed by atoms with Gasteiger partial charge >= 0.3 is 0 Å². The molecule has 0 saturated carbocycles. The summed E-state index contributed by atoms with van der Waals surface area (Å²) in [5.41, 5.74) is 21.7. The number of aromatic nitrogens is 3. The van der Waals surface area contributed by atoms with E-state index in [9.17, 15) is 0 Å². The molecule has 0 aromatic carbocycles. The molecule has 49 heavy (non-hydrogen) atoms. The molecule has 2 aliphatic heterocycles. The van der Waals surface area contributed by atoms with Gasteiger partial charge < -0.3 is 20.3 Å². The Hall–Kier alpha value is -3.14. The third-order valence-electron chi connectivity index (χ3n) is 13.5. The molecule has 1 aliphatic carbocycles. The molecule has 3 aromatic heterocycles. The van der Waals surface area contributed by atoms with Crippen LogP contribution in [0.2, 0.25) is 0 Å². The Morgan fingerprint density at radius 2 is 0.939 bits per heavy atom. The van der Waals surface area contributed by atoms with Gasteiger partial charge in [0.25, 0.3) is 0 Å². The van der Waals surface area contributed by atoms with Crippen LogP contribution in [0.1, 0.15) is 175 Å². The second-order valence-corrected chi connectivity index (χ2v) is 17.0. The molecule has 4 N–H and O–H groups in total. The molecule has 3 aromatic rings. The summed E-state index contributed by atoms with van der Waals surface area (Å²) >= 11 is 0. The number of rotatable bonds is 0. The minimum Gasteiger partial charge on any atom is -0.361 e. The van der Waals surface area contributed by atoms with Crippen molar-refractivity contribution < 1.29 is 0 Å². The van der Waals surface area contributed by atoms with Crippen LogP contribution in [0.3, 0.4) is 0 Å². The summed E-state index contributed by atoms with van der Waals surface area (Å²) in [6, 6.07) is 0.